The van der Waals surface area contributed by atoms with E-state index in [1.807, 2.05) is 0 Å². The molecule has 0 radical (unpaired) electrons. The number of carbonyl (C=O) groups excluding carboxylic acids is 1. The molecule has 24 heavy (non-hydrogen) atoms. The second-order valence-corrected chi connectivity index (χ2v) is 9.70. The monoisotopic (exact) mass is 375 g/mol. The lowest BCUT2D eigenvalue weighted by Gasteiger charge is -2.27. The van der Waals surface area contributed by atoms with Gasteiger partial charge in [0.25, 0.3) is 0 Å². The van der Waals surface area contributed by atoms with Crippen molar-refractivity contribution >= 4 is 37.3 Å². The summed E-state index contributed by atoms with van der Waals surface area (Å²) in [4.78, 5) is 13.9. The van der Waals surface area contributed by atoms with Gasteiger partial charge in [-0.05, 0) is 37.6 Å². The average Bonchev–Trinajstić information content (AvgIpc) is 2.80. The van der Waals surface area contributed by atoms with Crippen LogP contribution in [0.4, 0.5) is 16.2 Å². The third-order valence-electron chi connectivity index (χ3n) is 3.69. The molecule has 10 heteroatoms. The average molecular weight is 375 g/mol. The van der Waals surface area contributed by atoms with Crippen LogP contribution in [-0.4, -0.2) is 58.1 Å². The first-order valence-electron chi connectivity index (χ1n) is 7.45. The van der Waals surface area contributed by atoms with E-state index in [1.54, 1.807) is 19.1 Å². The van der Waals surface area contributed by atoms with Gasteiger partial charge in [-0.25, -0.2) is 21.6 Å². The smallest absolute Gasteiger partial charge is 0.321 e. The minimum atomic E-state index is -3.36. The fourth-order valence-electron chi connectivity index (χ4n) is 2.62. The Kier molecular flexibility index (Phi) is 5.38. The number of hydrogen-bond donors (Lipinski definition) is 2. The van der Waals surface area contributed by atoms with Gasteiger partial charge in [-0.2, -0.15) is 0 Å². The minimum Gasteiger partial charge on any atom is -0.321 e. The maximum absolute atomic E-state index is 12.4. The third-order valence-corrected chi connectivity index (χ3v) is 6.05. The third kappa shape index (κ3) is 5.10. The molecule has 2 rings (SSSR count). The molecular weight excluding hydrogens is 354 g/mol. The van der Waals surface area contributed by atoms with Gasteiger partial charge in [-0.1, -0.05) is 0 Å². The number of amides is 2. The van der Waals surface area contributed by atoms with E-state index in [0.717, 1.165) is 6.26 Å². The van der Waals surface area contributed by atoms with E-state index in [2.05, 4.69) is 10.0 Å². The standard InChI is InChI=1S/C14H21N3O5S2/c1-3-17(13-8-9-24(21,22)10-13)14(18)15-11-4-6-12(7-5-11)16-23(2,19)20/h4-7,13,16H,3,8-10H2,1-2H3,(H,15,18). The zero-order chi connectivity index (χ0) is 18.0. The first-order valence-corrected chi connectivity index (χ1v) is 11.2. The van der Waals surface area contributed by atoms with Gasteiger partial charge in [0.05, 0.1) is 17.8 Å². The van der Waals surface area contributed by atoms with E-state index >= 15 is 0 Å². The molecule has 1 aliphatic rings. The van der Waals surface area contributed by atoms with Crippen molar-refractivity contribution in [2.75, 3.05) is 34.3 Å². The topological polar surface area (TPSA) is 113 Å². The molecule has 0 aromatic heterocycles. The maximum Gasteiger partial charge on any atom is 0.322 e. The Hall–Kier alpha value is -1.81. The fraction of sp³-hybridized carbons (Fsp3) is 0.500. The molecule has 1 fully saturated rings. The summed E-state index contributed by atoms with van der Waals surface area (Å²) in [5, 5.41) is 2.70. The number of nitrogens with one attached hydrogen (secondary N) is 2. The van der Waals surface area contributed by atoms with Crippen molar-refractivity contribution in [2.24, 2.45) is 0 Å². The quantitative estimate of drug-likeness (QED) is 0.800. The molecule has 134 valence electrons. The fourth-order valence-corrected chi connectivity index (χ4v) is 4.91. The van der Waals surface area contributed by atoms with Crippen LogP contribution in [0.15, 0.2) is 24.3 Å². The summed E-state index contributed by atoms with van der Waals surface area (Å²) in [6.45, 7) is 2.20. The molecular formula is C14H21N3O5S2. The first-order chi connectivity index (χ1) is 11.1. The summed E-state index contributed by atoms with van der Waals surface area (Å²) in [6, 6.07) is 5.53. The summed E-state index contributed by atoms with van der Waals surface area (Å²) < 4.78 is 47.8. The lowest BCUT2D eigenvalue weighted by molar-refractivity contribution is 0.197. The Balaban J connectivity index is 2.02. The molecule has 1 unspecified atom stereocenters. The number of hydrogen-bond acceptors (Lipinski definition) is 5. The maximum atomic E-state index is 12.4. The van der Waals surface area contributed by atoms with Gasteiger partial charge in [-0.3, -0.25) is 4.72 Å². The predicted octanol–water partition coefficient (Wildman–Crippen LogP) is 1.10. The molecule has 2 N–H and O–H groups in total. The SMILES string of the molecule is CCN(C(=O)Nc1ccc(NS(C)(=O)=O)cc1)C1CCS(=O)(=O)C1. The highest BCUT2D eigenvalue weighted by molar-refractivity contribution is 7.92. The lowest BCUT2D eigenvalue weighted by atomic mass is 10.2. The van der Waals surface area contributed by atoms with Crippen molar-refractivity contribution in [2.45, 2.75) is 19.4 Å². The van der Waals surface area contributed by atoms with Gasteiger partial charge in [0.15, 0.2) is 9.84 Å². The second kappa shape index (κ2) is 6.98. The number of benzene rings is 1. The highest BCUT2D eigenvalue weighted by Gasteiger charge is 2.33. The first kappa shape index (κ1) is 18.5. The summed E-state index contributed by atoms with van der Waals surface area (Å²) in [5.41, 5.74) is 0.892. The lowest BCUT2D eigenvalue weighted by Crippen LogP contribution is -2.43. The van der Waals surface area contributed by atoms with Crippen molar-refractivity contribution in [1.82, 2.24) is 4.90 Å². The van der Waals surface area contributed by atoms with Gasteiger partial charge in [0, 0.05) is 24.0 Å². The number of urea groups is 1. The zero-order valence-electron chi connectivity index (χ0n) is 13.5. The molecule has 0 saturated carbocycles. The predicted molar refractivity (Wildman–Crippen MR) is 93.4 cm³/mol. The number of anilines is 2. The van der Waals surface area contributed by atoms with E-state index in [1.165, 1.54) is 17.0 Å². The van der Waals surface area contributed by atoms with Crippen LogP contribution in [0.1, 0.15) is 13.3 Å². The van der Waals surface area contributed by atoms with Gasteiger partial charge >= 0.3 is 6.03 Å². The van der Waals surface area contributed by atoms with Gasteiger partial charge in [-0.15, -0.1) is 0 Å². The summed E-state index contributed by atoms with van der Waals surface area (Å²) >= 11 is 0. The van der Waals surface area contributed by atoms with Crippen molar-refractivity contribution in [3.63, 3.8) is 0 Å². The number of rotatable bonds is 5. The van der Waals surface area contributed by atoms with Crippen LogP contribution in [0.25, 0.3) is 0 Å². The van der Waals surface area contributed by atoms with E-state index in [-0.39, 0.29) is 23.6 Å². The highest BCUT2D eigenvalue weighted by atomic mass is 32.2. The molecule has 2 amide bonds. The molecule has 1 aliphatic heterocycles. The van der Waals surface area contributed by atoms with Crippen LogP contribution < -0.4 is 10.0 Å². The van der Waals surface area contributed by atoms with Crippen LogP contribution in [-0.2, 0) is 19.9 Å². The number of sulfonamides is 1. The van der Waals surface area contributed by atoms with Crippen molar-refractivity contribution in [1.29, 1.82) is 0 Å². The minimum absolute atomic E-state index is 0.00846. The zero-order valence-corrected chi connectivity index (χ0v) is 15.2. The van der Waals surface area contributed by atoms with Crippen molar-refractivity contribution < 1.29 is 21.6 Å². The molecule has 1 aromatic rings. The summed E-state index contributed by atoms with van der Waals surface area (Å²) in [7, 11) is -6.42. The molecule has 8 nitrogen and oxygen atoms in total. The van der Waals surface area contributed by atoms with E-state index < -0.39 is 19.9 Å². The molecule has 1 saturated heterocycles. The number of nitrogens with zero attached hydrogens (tertiary/aromatic N) is 1. The van der Waals surface area contributed by atoms with Gasteiger partial charge in [0.2, 0.25) is 10.0 Å². The second-order valence-electron chi connectivity index (χ2n) is 5.72. The van der Waals surface area contributed by atoms with Crippen LogP contribution in [0.5, 0.6) is 0 Å². The molecule has 0 aliphatic carbocycles. The van der Waals surface area contributed by atoms with E-state index in [9.17, 15) is 21.6 Å². The Morgan fingerprint density at radius 3 is 2.29 bits per heavy atom. The summed E-state index contributed by atoms with van der Waals surface area (Å²) in [6.07, 6.45) is 1.50. The van der Waals surface area contributed by atoms with E-state index in [4.69, 9.17) is 0 Å². The van der Waals surface area contributed by atoms with Crippen molar-refractivity contribution in [3.8, 4) is 0 Å². The number of carbonyl (C=O) groups is 1. The Morgan fingerprint density at radius 1 is 1.25 bits per heavy atom. The Morgan fingerprint density at radius 2 is 1.83 bits per heavy atom. The van der Waals surface area contributed by atoms with Crippen molar-refractivity contribution in [3.05, 3.63) is 24.3 Å². The summed E-state index contributed by atoms with van der Waals surface area (Å²) in [5.74, 6) is 0.0960. The largest absolute Gasteiger partial charge is 0.322 e. The van der Waals surface area contributed by atoms with Crippen LogP contribution >= 0.6 is 0 Å². The molecule has 1 aromatic carbocycles. The molecule has 1 heterocycles. The van der Waals surface area contributed by atoms with Crippen LogP contribution in [0, 0.1) is 0 Å². The van der Waals surface area contributed by atoms with Gasteiger partial charge < -0.3 is 10.2 Å². The van der Waals surface area contributed by atoms with Gasteiger partial charge in [0.1, 0.15) is 0 Å². The molecule has 1 atom stereocenters. The Bertz CT molecular complexity index is 803. The highest BCUT2D eigenvalue weighted by Crippen LogP contribution is 2.20. The number of sulfone groups is 1. The normalized spacial score (nSPS) is 19.7. The van der Waals surface area contributed by atoms with Crippen LogP contribution in [0.3, 0.4) is 0 Å². The molecule has 0 bridgehead atoms. The van der Waals surface area contributed by atoms with Crippen LogP contribution in [0.2, 0.25) is 0 Å². The van der Waals surface area contributed by atoms with E-state index in [0.29, 0.717) is 24.3 Å². The Labute approximate surface area is 142 Å². The molecule has 0 spiro atoms.